The fourth-order valence-electron chi connectivity index (χ4n) is 1.01. The highest BCUT2D eigenvalue weighted by Crippen LogP contribution is 2.15. The maximum absolute atomic E-state index is 13.1. The van der Waals surface area contributed by atoms with E-state index in [1.807, 2.05) is 0 Å². The lowest BCUT2D eigenvalue weighted by Crippen LogP contribution is -2.17. The van der Waals surface area contributed by atoms with Crippen LogP contribution in [0.3, 0.4) is 0 Å². The fourth-order valence-corrected chi connectivity index (χ4v) is 1.01. The van der Waals surface area contributed by atoms with E-state index in [1.165, 1.54) is 6.07 Å². The van der Waals surface area contributed by atoms with Crippen molar-refractivity contribution in [3.8, 4) is 6.07 Å². The second kappa shape index (κ2) is 4.49. The lowest BCUT2D eigenvalue weighted by atomic mass is 10.1. The Bertz CT molecular complexity index is 506. The number of ketones is 1. The summed E-state index contributed by atoms with van der Waals surface area (Å²) in [5.41, 5.74) is -1.21. The molecule has 1 aromatic carbocycles. The highest BCUT2D eigenvalue weighted by Gasteiger charge is 2.22. The van der Waals surface area contributed by atoms with Crippen LogP contribution in [0.5, 0.6) is 0 Å². The van der Waals surface area contributed by atoms with Crippen LogP contribution in [0.1, 0.15) is 15.9 Å². The summed E-state index contributed by atoms with van der Waals surface area (Å²) in [6.07, 6.45) is 0. The lowest BCUT2D eigenvalue weighted by Gasteiger charge is -2.02. The van der Waals surface area contributed by atoms with Crippen LogP contribution in [-0.4, -0.2) is 18.9 Å². The van der Waals surface area contributed by atoms with Crippen LogP contribution in [-0.2, 0) is 9.53 Å². The van der Waals surface area contributed by atoms with E-state index in [9.17, 15) is 18.4 Å². The summed E-state index contributed by atoms with van der Waals surface area (Å²) in [5, 5.41) is 8.47. The lowest BCUT2D eigenvalue weighted by molar-refractivity contribution is -0.135. The van der Waals surface area contributed by atoms with E-state index in [0.717, 1.165) is 7.11 Å². The van der Waals surface area contributed by atoms with E-state index in [1.54, 1.807) is 0 Å². The predicted octanol–water partition coefficient (Wildman–Crippen LogP) is 1.19. The molecule has 82 valence electrons. The SMILES string of the molecule is COC(=O)C(=O)c1cc(C#N)c(F)cc1F. The number of carbonyl (C=O) groups excluding carboxylic acids is 2. The van der Waals surface area contributed by atoms with Crippen molar-refractivity contribution in [2.24, 2.45) is 0 Å². The molecule has 0 atom stereocenters. The van der Waals surface area contributed by atoms with Crippen molar-refractivity contribution < 1.29 is 23.1 Å². The number of rotatable bonds is 2. The van der Waals surface area contributed by atoms with Crippen molar-refractivity contribution >= 4 is 11.8 Å². The third kappa shape index (κ3) is 2.03. The number of ether oxygens (including phenoxy) is 1. The average Bonchev–Trinajstić information content (AvgIpc) is 2.27. The zero-order chi connectivity index (χ0) is 12.3. The molecule has 0 unspecified atom stereocenters. The Labute approximate surface area is 89.1 Å². The minimum atomic E-state index is -1.28. The van der Waals surface area contributed by atoms with Crippen molar-refractivity contribution in [2.45, 2.75) is 0 Å². The summed E-state index contributed by atoms with van der Waals surface area (Å²) in [6, 6.07) is 2.47. The molecule has 0 radical (unpaired) electrons. The summed E-state index contributed by atoms with van der Waals surface area (Å²) in [7, 11) is 0.951. The molecular weight excluding hydrogens is 220 g/mol. The van der Waals surface area contributed by atoms with E-state index in [0.29, 0.717) is 12.1 Å². The molecule has 0 saturated heterocycles. The summed E-state index contributed by atoms with van der Waals surface area (Å²) in [4.78, 5) is 22.1. The number of nitrogens with zero attached hydrogens (tertiary/aromatic N) is 1. The van der Waals surface area contributed by atoms with Gasteiger partial charge in [-0.15, -0.1) is 0 Å². The van der Waals surface area contributed by atoms with E-state index < -0.39 is 34.5 Å². The number of nitriles is 1. The first-order valence-corrected chi connectivity index (χ1v) is 4.03. The molecular formula is C10H5F2NO3. The number of hydrogen-bond acceptors (Lipinski definition) is 4. The summed E-state index contributed by atoms with van der Waals surface area (Å²) in [5.74, 6) is -4.86. The first-order valence-electron chi connectivity index (χ1n) is 4.03. The molecule has 0 bridgehead atoms. The largest absolute Gasteiger partial charge is 0.463 e. The van der Waals surface area contributed by atoms with E-state index in [2.05, 4.69) is 4.74 Å². The van der Waals surface area contributed by atoms with Gasteiger partial charge in [0.25, 0.3) is 5.78 Å². The van der Waals surface area contributed by atoms with Gasteiger partial charge in [-0.1, -0.05) is 0 Å². The molecule has 6 heteroatoms. The quantitative estimate of drug-likeness (QED) is 0.430. The van der Waals surface area contributed by atoms with Gasteiger partial charge in [-0.2, -0.15) is 5.26 Å². The van der Waals surface area contributed by atoms with Gasteiger partial charge in [0, 0.05) is 6.07 Å². The molecule has 0 aromatic heterocycles. The zero-order valence-corrected chi connectivity index (χ0v) is 8.08. The first kappa shape index (κ1) is 11.8. The first-order chi connectivity index (χ1) is 7.51. The van der Waals surface area contributed by atoms with Crippen LogP contribution >= 0.6 is 0 Å². The van der Waals surface area contributed by atoms with Crippen LogP contribution in [0.25, 0.3) is 0 Å². The second-order valence-corrected chi connectivity index (χ2v) is 2.74. The third-order valence-electron chi connectivity index (χ3n) is 1.79. The highest BCUT2D eigenvalue weighted by molar-refractivity contribution is 6.40. The van der Waals surface area contributed by atoms with Crippen LogP contribution < -0.4 is 0 Å². The third-order valence-corrected chi connectivity index (χ3v) is 1.79. The Morgan fingerprint density at radius 3 is 2.44 bits per heavy atom. The van der Waals surface area contributed by atoms with Gasteiger partial charge >= 0.3 is 5.97 Å². The molecule has 4 nitrogen and oxygen atoms in total. The van der Waals surface area contributed by atoms with Crippen molar-refractivity contribution in [1.82, 2.24) is 0 Å². The minimum Gasteiger partial charge on any atom is -0.463 e. The highest BCUT2D eigenvalue weighted by atomic mass is 19.1. The fraction of sp³-hybridized carbons (Fsp3) is 0.100. The van der Waals surface area contributed by atoms with Gasteiger partial charge in [-0.3, -0.25) is 4.79 Å². The number of halogens is 2. The molecule has 0 aliphatic carbocycles. The molecule has 16 heavy (non-hydrogen) atoms. The monoisotopic (exact) mass is 225 g/mol. The topological polar surface area (TPSA) is 67.2 Å². The standard InChI is InChI=1S/C10H5F2NO3/c1-16-10(15)9(14)6-2-5(4-13)7(11)3-8(6)12/h2-3H,1H3. The zero-order valence-electron chi connectivity index (χ0n) is 8.08. The maximum atomic E-state index is 13.1. The molecule has 0 fully saturated rings. The minimum absolute atomic E-state index is 0.370. The smallest absolute Gasteiger partial charge is 0.379 e. The Hall–Kier alpha value is -2.29. The molecule has 0 aliphatic heterocycles. The number of hydrogen-bond donors (Lipinski definition) is 0. The molecule has 0 amide bonds. The molecule has 0 saturated carbocycles. The van der Waals surface area contributed by atoms with Crippen LogP contribution in [0.15, 0.2) is 12.1 Å². The molecule has 0 aliphatic rings. The molecule has 0 spiro atoms. The van der Waals surface area contributed by atoms with Gasteiger partial charge in [0.05, 0.1) is 18.2 Å². The Morgan fingerprint density at radius 1 is 1.31 bits per heavy atom. The molecule has 0 N–H and O–H groups in total. The van der Waals surface area contributed by atoms with Crippen molar-refractivity contribution in [2.75, 3.05) is 7.11 Å². The Morgan fingerprint density at radius 2 is 1.94 bits per heavy atom. The van der Waals surface area contributed by atoms with E-state index in [-0.39, 0.29) is 0 Å². The molecule has 1 aromatic rings. The van der Waals surface area contributed by atoms with Gasteiger partial charge in [-0.25, -0.2) is 13.6 Å². The van der Waals surface area contributed by atoms with E-state index in [4.69, 9.17) is 5.26 Å². The normalized spacial score (nSPS) is 9.38. The van der Waals surface area contributed by atoms with Gasteiger partial charge in [-0.05, 0) is 6.07 Å². The van der Waals surface area contributed by atoms with Crippen molar-refractivity contribution in [1.29, 1.82) is 5.26 Å². The van der Waals surface area contributed by atoms with Gasteiger partial charge in [0.1, 0.15) is 17.7 Å². The number of methoxy groups -OCH3 is 1. The number of carbonyl (C=O) groups is 2. The van der Waals surface area contributed by atoms with Crippen molar-refractivity contribution in [3.05, 3.63) is 34.9 Å². The van der Waals surface area contributed by atoms with Crippen LogP contribution in [0.4, 0.5) is 8.78 Å². The van der Waals surface area contributed by atoms with Gasteiger partial charge < -0.3 is 4.74 Å². The van der Waals surface area contributed by atoms with Crippen LogP contribution in [0, 0.1) is 23.0 Å². The predicted molar refractivity (Wildman–Crippen MR) is 47.4 cm³/mol. The second-order valence-electron chi connectivity index (χ2n) is 2.74. The van der Waals surface area contributed by atoms with E-state index >= 15 is 0 Å². The average molecular weight is 225 g/mol. The Balaban J connectivity index is 3.30. The summed E-state index contributed by atoms with van der Waals surface area (Å²) < 4.78 is 30.1. The van der Waals surface area contributed by atoms with Gasteiger partial charge in [0.2, 0.25) is 0 Å². The maximum Gasteiger partial charge on any atom is 0.379 e. The number of Topliss-reactive ketones (excluding diaryl/α,β-unsaturated/α-hetero) is 1. The molecule has 0 heterocycles. The number of esters is 1. The van der Waals surface area contributed by atoms with Gasteiger partial charge in [0.15, 0.2) is 0 Å². The van der Waals surface area contributed by atoms with Crippen LogP contribution in [0.2, 0.25) is 0 Å². The summed E-state index contributed by atoms with van der Waals surface area (Å²) in [6.45, 7) is 0. The summed E-state index contributed by atoms with van der Waals surface area (Å²) >= 11 is 0. The Kier molecular flexibility index (Phi) is 3.30. The number of benzene rings is 1. The van der Waals surface area contributed by atoms with Crippen molar-refractivity contribution in [3.63, 3.8) is 0 Å². The molecule has 1 rings (SSSR count).